The van der Waals surface area contributed by atoms with Crippen molar-refractivity contribution in [2.24, 2.45) is 0 Å². The molecule has 0 saturated heterocycles. The Kier molecular flexibility index (Phi) is 7.17. The van der Waals surface area contributed by atoms with Crippen molar-refractivity contribution in [3.05, 3.63) is 59.7 Å². The molecule has 1 amide bonds. The first-order valence-electron chi connectivity index (χ1n) is 8.39. The van der Waals surface area contributed by atoms with Crippen LogP contribution in [0.3, 0.4) is 0 Å². The van der Waals surface area contributed by atoms with Crippen LogP contribution in [0.15, 0.2) is 48.5 Å². The molecule has 28 heavy (non-hydrogen) atoms. The molecule has 0 aliphatic rings. The van der Waals surface area contributed by atoms with Crippen molar-refractivity contribution in [1.82, 2.24) is 0 Å². The second kappa shape index (κ2) is 9.78. The van der Waals surface area contributed by atoms with Gasteiger partial charge in [0.15, 0.2) is 17.6 Å². The maximum absolute atomic E-state index is 12.2. The normalized spacial score (nSPS) is 11.4. The molecule has 2 rings (SSSR count). The number of nitriles is 1. The summed E-state index contributed by atoms with van der Waals surface area (Å²) in [5, 5.41) is 11.5. The largest absolute Gasteiger partial charge is 0.493 e. The number of para-hydroxylation sites is 1. The summed E-state index contributed by atoms with van der Waals surface area (Å²) in [7, 11) is 3.02. The van der Waals surface area contributed by atoms with E-state index < -0.39 is 18.0 Å². The monoisotopic (exact) mass is 380 g/mol. The number of ether oxygens (including phenoxy) is 3. The lowest BCUT2D eigenvalue weighted by atomic mass is 10.1. The van der Waals surface area contributed by atoms with Crippen LogP contribution in [-0.4, -0.2) is 32.2 Å². The highest BCUT2D eigenvalue weighted by molar-refractivity contribution is 5.96. The van der Waals surface area contributed by atoms with E-state index in [0.717, 1.165) is 0 Å². The maximum Gasteiger partial charge on any atom is 0.331 e. The highest BCUT2D eigenvalue weighted by atomic mass is 16.5. The second-order valence-electron chi connectivity index (χ2n) is 5.68. The van der Waals surface area contributed by atoms with Crippen LogP contribution in [-0.2, 0) is 14.3 Å². The molecule has 0 aromatic heterocycles. The molecule has 1 unspecified atom stereocenters. The first-order valence-corrected chi connectivity index (χ1v) is 8.39. The molecule has 144 valence electrons. The molecule has 2 aromatic rings. The van der Waals surface area contributed by atoms with Crippen LogP contribution in [0.25, 0.3) is 6.08 Å². The third-order valence-electron chi connectivity index (χ3n) is 3.75. The molecule has 0 saturated carbocycles. The van der Waals surface area contributed by atoms with E-state index >= 15 is 0 Å². The molecule has 1 atom stereocenters. The minimum atomic E-state index is -1.02. The Hall–Kier alpha value is -3.79. The first-order chi connectivity index (χ1) is 13.5. The van der Waals surface area contributed by atoms with Gasteiger partial charge >= 0.3 is 5.97 Å². The summed E-state index contributed by atoms with van der Waals surface area (Å²) in [4.78, 5) is 24.2. The summed E-state index contributed by atoms with van der Waals surface area (Å²) >= 11 is 0. The predicted octanol–water partition coefficient (Wildman–Crippen LogP) is 3.16. The lowest BCUT2D eigenvalue weighted by Gasteiger charge is -2.13. The van der Waals surface area contributed by atoms with Crippen molar-refractivity contribution < 1.29 is 23.8 Å². The highest BCUT2D eigenvalue weighted by Gasteiger charge is 2.17. The molecule has 2 aromatic carbocycles. The number of methoxy groups -OCH3 is 2. The summed E-state index contributed by atoms with van der Waals surface area (Å²) in [6, 6.07) is 13.7. The molecule has 0 aliphatic heterocycles. The number of hydrogen-bond donors (Lipinski definition) is 1. The number of benzene rings is 2. The minimum absolute atomic E-state index is 0.414. The molecule has 0 aliphatic carbocycles. The molecule has 0 fully saturated rings. The zero-order valence-electron chi connectivity index (χ0n) is 15.8. The fourth-order valence-electron chi connectivity index (χ4n) is 2.38. The maximum atomic E-state index is 12.2. The van der Waals surface area contributed by atoms with Crippen LogP contribution in [0.1, 0.15) is 18.1 Å². The van der Waals surface area contributed by atoms with Crippen LogP contribution in [0, 0.1) is 11.3 Å². The van der Waals surface area contributed by atoms with Gasteiger partial charge in [-0.3, -0.25) is 4.79 Å². The molecular weight excluding hydrogens is 360 g/mol. The third-order valence-corrected chi connectivity index (χ3v) is 3.75. The Balaban J connectivity index is 1.99. The van der Waals surface area contributed by atoms with Crippen molar-refractivity contribution in [1.29, 1.82) is 5.26 Å². The van der Waals surface area contributed by atoms with Gasteiger partial charge in [-0.2, -0.15) is 5.26 Å². The van der Waals surface area contributed by atoms with Gasteiger partial charge in [0.25, 0.3) is 5.91 Å². The van der Waals surface area contributed by atoms with E-state index in [2.05, 4.69) is 5.32 Å². The smallest absolute Gasteiger partial charge is 0.331 e. The number of esters is 1. The topological polar surface area (TPSA) is 97.6 Å². The van der Waals surface area contributed by atoms with Crippen molar-refractivity contribution in [2.75, 3.05) is 19.5 Å². The SMILES string of the molecule is COc1cccc(/C=C/C(=O)OC(C)C(=O)Nc2cccc(C#N)c2)c1OC. The fourth-order valence-corrected chi connectivity index (χ4v) is 2.38. The molecule has 7 heteroatoms. The van der Waals surface area contributed by atoms with Crippen LogP contribution in [0.2, 0.25) is 0 Å². The van der Waals surface area contributed by atoms with E-state index in [0.29, 0.717) is 28.3 Å². The minimum Gasteiger partial charge on any atom is -0.493 e. The van der Waals surface area contributed by atoms with E-state index in [1.165, 1.54) is 39.4 Å². The van der Waals surface area contributed by atoms with Crippen LogP contribution < -0.4 is 14.8 Å². The van der Waals surface area contributed by atoms with Gasteiger partial charge in [-0.25, -0.2) is 4.79 Å². The van der Waals surface area contributed by atoms with Crippen molar-refractivity contribution in [3.63, 3.8) is 0 Å². The fraction of sp³-hybridized carbons (Fsp3) is 0.190. The Morgan fingerprint density at radius 1 is 1.14 bits per heavy atom. The second-order valence-corrected chi connectivity index (χ2v) is 5.68. The van der Waals surface area contributed by atoms with E-state index in [1.54, 1.807) is 36.4 Å². The van der Waals surface area contributed by atoms with Gasteiger partial charge in [-0.15, -0.1) is 0 Å². The number of carbonyl (C=O) groups excluding carboxylic acids is 2. The first kappa shape index (κ1) is 20.5. The predicted molar refractivity (Wildman–Crippen MR) is 104 cm³/mol. The number of hydrogen-bond acceptors (Lipinski definition) is 6. The Morgan fingerprint density at radius 3 is 2.57 bits per heavy atom. The summed E-state index contributed by atoms with van der Waals surface area (Å²) in [6.07, 6.45) is 1.71. The molecule has 0 radical (unpaired) electrons. The van der Waals surface area contributed by atoms with Gasteiger partial charge in [0, 0.05) is 17.3 Å². The zero-order valence-corrected chi connectivity index (χ0v) is 15.8. The molecule has 1 N–H and O–H groups in total. The average Bonchev–Trinajstić information content (AvgIpc) is 2.71. The third kappa shape index (κ3) is 5.35. The molecular formula is C21H20N2O5. The summed E-state index contributed by atoms with van der Waals surface area (Å²) in [5.41, 5.74) is 1.49. The standard InChI is InChI=1S/C21H20N2O5/c1-14(21(25)23-17-8-4-6-15(12-17)13-22)28-19(24)11-10-16-7-5-9-18(26-2)20(16)27-3/h4-12,14H,1-3H3,(H,23,25)/b11-10+. The number of nitrogens with one attached hydrogen (secondary N) is 1. The lowest BCUT2D eigenvalue weighted by Crippen LogP contribution is -2.29. The number of carbonyl (C=O) groups is 2. The van der Waals surface area contributed by atoms with Gasteiger partial charge < -0.3 is 19.5 Å². The molecule has 0 heterocycles. The lowest BCUT2D eigenvalue weighted by molar-refractivity contribution is -0.148. The van der Waals surface area contributed by atoms with Gasteiger partial charge in [-0.1, -0.05) is 18.2 Å². The molecule has 7 nitrogen and oxygen atoms in total. The zero-order chi connectivity index (χ0) is 20.5. The van der Waals surface area contributed by atoms with E-state index in [4.69, 9.17) is 19.5 Å². The quantitative estimate of drug-likeness (QED) is 0.585. The number of amides is 1. The van der Waals surface area contributed by atoms with Crippen LogP contribution in [0.4, 0.5) is 5.69 Å². The Morgan fingerprint density at radius 2 is 1.89 bits per heavy atom. The van der Waals surface area contributed by atoms with Crippen molar-refractivity contribution in [3.8, 4) is 17.6 Å². The Bertz CT molecular complexity index is 931. The van der Waals surface area contributed by atoms with Gasteiger partial charge in [0.1, 0.15) is 0 Å². The van der Waals surface area contributed by atoms with Crippen LogP contribution >= 0.6 is 0 Å². The molecule has 0 bridgehead atoms. The number of nitrogens with zero attached hydrogens (tertiary/aromatic N) is 1. The van der Waals surface area contributed by atoms with Gasteiger partial charge in [0.05, 0.1) is 25.9 Å². The van der Waals surface area contributed by atoms with Gasteiger partial charge in [-0.05, 0) is 37.3 Å². The van der Waals surface area contributed by atoms with Crippen molar-refractivity contribution in [2.45, 2.75) is 13.0 Å². The van der Waals surface area contributed by atoms with E-state index in [1.807, 2.05) is 6.07 Å². The molecule has 0 spiro atoms. The van der Waals surface area contributed by atoms with Crippen LogP contribution in [0.5, 0.6) is 11.5 Å². The summed E-state index contributed by atoms with van der Waals surface area (Å²) in [5.74, 6) is -0.170. The number of rotatable bonds is 7. The summed E-state index contributed by atoms with van der Waals surface area (Å²) < 4.78 is 15.6. The van der Waals surface area contributed by atoms with E-state index in [9.17, 15) is 9.59 Å². The summed E-state index contributed by atoms with van der Waals surface area (Å²) in [6.45, 7) is 1.46. The number of anilines is 1. The van der Waals surface area contributed by atoms with E-state index in [-0.39, 0.29) is 0 Å². The average molecular weight is 380 g/mol. The Labute approximate surface area is 163 Å². The highest BCUT2D eigenvalue weighted by Crippen LogP contribution is 2.31. The van der Waals surface area contributed by atoms with Gasteiger partial charge in [0.2, 0.25) is 0 Å². The van der Waals surface area contributed by atoms with Crippen molar-refractivity contribution >= 4 is 23.6 Å².